The second-order valence-corrected chi connectivity index (χ2v) is 6.66. The Hall–Kier alpha value is -2.93. The summed E-state index contributed by atoms with van der Waals surface area (Å²) in [5.41, 5.74) is 10.4. The number of nitrogens with one attached hydrogen (secondary N) is 3. The number of hydrogen-bond acceptors (Lipinski definition) is 3. The summed E-state index contributed by atoms with van der Waals surface area (Å²) in [6.45, 7) is 4.04. The molecule has 0 radical (unpaired) electrons. The normalized spacial score (nSPS) is 10.6. The van der Waals surface area contributed by atoms with Gasteiger partial charge >= 0.3 is 0 Å². The van der Waals surface area contributed by atoms with Gasteiger partial charge in [0.2, 0.25) is 5.91 Å². The highest BCUT2D eigenvalue weighted by molar-refractivity contribution is 7.80. The molecule has 1 heterocycles. The molecule has 0 saturated heterocycles. The fourth-order valence-corrected chi connectivity index (χ4v) is 3.05. The molecule has 134 valence electrons. The molecule has 26 heavy (non-hydrogen) atoms. The number of fused-ring (bicyclic) bond motifs is 1. The summed E-state index contributed by atoms with van der Waals surface area (Å²) in [6, 6.07) is 13.8. The molecule has 1 aromatic heterocycles. The van der Waals surface area contributed by atoms with Gasteiger partial charge in [-0.2, -0.15) is 0 Å². The first-order chi connectivity index (χ1) is 12.4. The zero-order valence-corrected chi connectivity index (χ0v) is 15.8. The van der Waals surface area contributed by atoms with E-state index >= 15 is 0 Å². The third-order valence-electron chi connectivity index (χ3n) is 3.99. The minimum atomic E-state index is -0.215. The second-order valence-electron chi connectivity index (χ2n) is 6.26. The van der Waals surface area contributed by atoms with Crippen LogP contribution in [0.3, 0.4) is 0 Å². The summed E-state index contributed by atoms with van der Waals surface area (Å²) >= 11 is 5.23. The van der Waals surface area contributed by atoms with Crippen molar-refractivity contribution in [2.75, 3.05) is 5.32 Å². The van der Waals surface area contributed by atoms with Gasteiger partial charge in [0.05, 0.1) is 17.5 Å². The number of hydrazine groups is 1. The number of imidazole rings is 1. The number of nitrogens with zero attached hydrogens (tertiary/aromatic N) is 2. The maximum Gasteiger partial charge on any atom is 0.245 e. The first kappa shape index (κ1) is 17.9. The van der Waals surface area contributed by atoms with E-state index in [-0.39, 0.29) is 12.3 Å². The van der Waals surface area contributed by atoms with Gasteiger partial charge in [0.15, 0.2) is 5.11 Å². The molecule has 2 aromatic carbocycles. The molecule has 0 aliphatic heterocycles. The number of thiocarbonyl (C=S) groups is 1. The van der Waals surface area contributed by atoms with E-state index in [4.69, 9.17) is 12.2 Å². The van der Waals surface area contributed by atoms with Crippen LogP contribution < -0.4 is 16.2 Å². The van der Waals surface area contributed by atoms with Crippen LogP contribution in [0.2, 0.25) is 0 Å². The fourth-order valence-electron chi connectivity index (χ4n) is 2.88. The van der Waals surface area contributed by atoms with Crippen LogP contribution in [0.5, 0.6) is 0 Å². The van der Waals surface area contributed by atoms with Crippen LogP contribution in [0.4, 0.5) is 5.69 Å². The molecule has 7 heteroatoms. The average Bonchev–Trinajstić information content (AvgIpc) is 2.88. The minimum Gasteiger partial charge on any atom is -0.331 e. The number of anilines is 1. The van der Waals surface area contributed by atoms with E-state index in [1.807, 2.05) is 61.9 Å². The van der Waals surface area contributed by atoms with Crippen LogP contribution in [0.25, 0.3) is 11.0 Å². The molecule has 0 spiro atoms. The van der Waals surface area contributed by atoms with Gasteiger partial charge in [-0.25, -0.2) is 4.98 Å². The fraction of sp³-hybridized carbons (Fsp3) is 0.211. The van der Waals surface area contributed by atoms with Crippen LogP contribution in [0, 0.1) is 13.8 Å². The first-order valence-electron chi connectivity index (χ1n) is 8.27. The monoisotopic (exact) mass is 367 g/mol. The van der Waals surface area contributed by atoms with E-state index < -0.39 is 0 Å². The Morgan fingerprint density at radius 3 is 2.50 bits per heavy atom. The smallest absolute Gasteiger partial charge is 0.245 e. The Labute approximate surface area is 157 Å². The molecule has 0 aliphatic carbocycles. The summed E-state index contributed by atoms with van der Waals surface area (Å²) < 4.78 is 1.92. The van der Waals surface area contributed by atoms with Crippen molar-refractivity contribution in [1.82, 2.24) is 20.4 Å². The van der Waals surface area contributed by atoms with Crippen LogP contribution >= 0.6 is 12.2 Å². The maximum absolute atomic E-state index is 12.2. The van der Waals surface area contributed by atoms with Gasteiger partial charge in [-0.15, -0.1) is 0 Å². The van der Waals surface area contributed by atoms with Crippen molar-refractivity contribution in [2.24, 2.45) is 7.05 Å². The lowest BCUT2D eigenvalue weighted by Crippen LogP contribution is -2.44. The number of carbonyl (C=O) groups excluding carboxylic acids is 1. The molecule has 3 rings (SSSR count). The predicted octanol–water partition coefficient (Wildman–Crippen LogP) is 2.75. The lowest BCUT2D eigenvalue weighted by molar-refractivity contribution is -0.121. The molecule has 0 saturated carbocycles. The standard InChI is InChI=1S/C19H21N5OS/c1-12-8-13(2)10-14(9-12)20-19(26)23-22-18(25)11-17-21-15-6-4-5-7-16(15)24(17)3/h4-10H,11H2,1-3H3,(H,22,25)(H2,20,23,26). The molecular weight excluding hydrogens is 346 g/mol. The Kier molecular flexibility index (Phi) is 5.18. The summed E-state index contributed by atoms with van der Waals surface area (Å²) in [4.78, 5) is 16.7. The van der Waals surface area contributed by atoms with Gasteiger partial charge in [-0.1, -0.05) is 18.2 Å². The van der Waals surface area contributed by atoms with Gasteiger partial charge in [-0.05, 0) is 61.5 Å². The Bertz CT molecular complexity index is 959. The van der Waals surface area contributed by atoms with Crippen molar-refractivity contribution >= 4 is 40.0 Å². The van der Waals surface area contributed by atoms with E-state index in [0.717, 1.165) is 27.8 Å². The number of rotatable bonds is 3. The van der Waals surface area contributed by atoms with E-state index in [1.165, 1.54) is 0 Å². The Morgan fingerprint density at radius 1 is 1.12 bits per heavy atom. The van der Waals surface area contributed by atoms with E-state index in [2.05, 4.69) is 27.2 Å². The van der Waals surface area contributed by atoms with Crippen LogP contribution in [-0.2, 0) is 18.3 Å². The van der Waals surface area contributed by atoms with Crippen LogP contribution in [0.15, 0.2) is 42.5 Å². The number of aromatic nitrogens is 2. The predicted molar refractivity (Wildman–Crippen MR) is 108 cm³/mol. The number of para-hydroxylation sites is 2. The quantitative estimate of drug-likeness (QED) is 0.490. The third-order valence-corrected chi connectivity index (χ3v) is 4.20. The molecule has 0 atom stereocenters. The van der Waals surface area contributed by atoms with Crippen molar-refractivity contribution < 1.29 is 4.79 Å². The van der Waals surface area contributed by atoms with Gasteiger partial charge in [0.25, 0.3) is 0 Å². The molecule has 1 amide bonds. The number of benzene rings is 2. The van der Waals surface area contributed by atoms with Crippen molar-refractivity contribution in [3.05, 3.63) is 59.4 Å². The van der Waals surface area contributed by atoms with Gasteiger partial charge in [-0.3, -0.25) is 15.6 Å². The number of carbonyl (C=O) groups is 1. The number of amides is 1. The maximum atomic E-state index is 12.2. The van der Waals surface area contributed by atoms with E-state index in [0.29, 0.717) is 10.9 Å². The molecule has 0 fully saturated rings. The highest BCUT2D eigenvalue weighted by Crippen LogP contribution is 2.15. The lowest BCUT2D eigenvalue weighted by atomic mass is 10.1. The summed E-state index contributed by atoms with van der Waals surface area (Å²) in [5.74, 6) is 0.478. The summed E-state index contributed by atoms with van der Waals surface area (Å²) in [6.07, 6.45) is 0.157. The first-order valence-corrected chi connectivity index (χ1v) is 8.67. The van der Waals surface area contributed by atoms with Crippen molar-refractivity contribution in [3.63, 3.8) is 0 Å². The topological polar surface area (TPSA) is 71.0 Å². The molecule has 6 nitrogen and oxygen atoms in total. The number of aryl methyl sites for hydroxylation is 3. The highest BCUT2D eigenvalue weighted by atomic mass is 32.1. The summed E-state index contributed by atoms with van der Waals surface area (Å²) in [7, 11) is 1.90. The van der Waals surface area contributed by atoms with E-state index in [9.17, 15) is 4.79 Å². The third kappa shape index (κ3) is 4.18. The highest BCUT2D eigenvalue weighted by Gasteiger charge is 2.11. The zero-order chi connectivity index (χ0) is 18.7. The Balaban J connectivity index is 1.56. The minimum absolute atomic E-state index is 0.157. The van der Waals surface area contributed by atoms with Crippen molar-refractivity contribution in [2.45, 2.75) is 20.3 Å². The van der Waals surface area contributed by atoms with Crippen LogP contribution in [0.1, 0.15) is 17.0 Å². The molecule has 0 unspecified atom stereocenters. The lowest BCUT2D eigenvalue weighted by Gasteiger charge is -2.12. The van der Waals surface area contributed by atoms with Gasteiger partial charge in [0, 0.05) is 12.7 Å². The van der Waals surface area contributed by atoms with E-state index in [1.54, 1.807) is 0 Å². The van der Waals surface area contributed by atoms with Gasteiger partial charge < -0.3 is 9.88 Å². The van der Waals surface area contributed by atoms with Crippen molar-refractivity contribution in [3.8, 4) is 0 Å². The molecular formula is C19H21N5OS. The second kappa shape index (κ2) is 7.53. The zero-order valence-electron chi connectivity index (χ0n) is 15.0. The molecule has 3 aromatic rings. The molecule has 3 N–H and O–H groups in total. The summed E-state index contributed by atoms with van der Waals surface area (Å²) in [5, 5.41) is 3.39. The van der Waals surface area contributed by atoms with Gasteiger partial charge in [0.1, 0.15) is 5.82 Å². The Morgan fingerprint density at radius 2 is 1.81 bits per heavy atom. The molecule has 0 bridgehead atoms. The SMILES string of the molecule is Cc1cc(C)cc(NC(=S)NNC(=O)Cc2nc3ccccc3n2C)c1. The average molecular weight is 367 g/mol. The largest absolute Gasteiger partial charge is 0.331 e. The van der Waals surface area contributed by atoms with Crippen molar-refractivity contribution in [1.29, 1.82) is 0 Å². The number of hydrogen-bond donors (Lipinski definition) is 3. The molecule has 0 aliphatic rings. The van der Waals surface area contributed by atoms with Crippen LogP contribution in [-0.4, -0.2) is 20.6 Å².